The van der Waals surface area contributed by atoms with Gasteiger partial charge >= 0.3 is 12.1 Å². The number of aryl methyl sites for hydroxylation is 1. The fourth-order valence-electron chi connectivity index (χ4n) is 3.12. The number of carbonyl (C=O) groups is 2. The molecule has 0 amide bonds. The second-order valence-electron chi connectivity index (χ2n) is 7.54. The van der Waals surface area contributed by atoms with Gasteiger partial charge in [-0.3, -0.25) is 4.89 Å². The summed E-state index contributed by atoms with van der Waals surface area (Å²) >= 11 is 0. The second-order valence-corrected chi connectivity index (χ2v) is 7.54. The minimum absolute atomic E-state index is 0.193. The van der Waals surface area contributed by atoms with Crippen molar-refractivity contribution in [2.24, 2.45) is 11.3 Å². The first-order valence-corrected chi connectivity index (χ1v) is 8.59. The Morgan fingerprint density at radius 2 is 1.64 bits per heavy atom. The molecule has 0 N–H and O–H groups in total. The zero-order valence-electron chi connectivity index (χ0n) is 15.2. The summed E-state index contributed by atoms with van der Waals surface area (Å²) in [6.07, 6.45) is 2.40. The largest absolute Gasteiger partial charge is 0.543 e. The lowest BCUT2D eigenvalue weighted by Crippen LogP contribution is -2.30. The zero-order valence-corrected chi connectivity index (χ0v) is 15.2. The highest BCUT2D eigenvalue weighted by molar-refractivity contribution is 5.90. The molecule has 0 aromatic heterocycles. The van der Waals surface area contributed by atoms with Gasteiger partial charge in [0.05, 0.1) is 10.6 Å². The molecule has 6 heteroatoms. The molecule has 0 unspecified atom stereocenters. The van der Waals surface area contributed by atoms with E-state index in [1.807, 2.05) is 0 Å². The lowest BCUT2D eigenvalue weighted by atomic mass is 9.72. The number of hydrogen-bond acceptors (Lipinski definition) is 6. The van der Waals surface area contributed by atoms with Crippen LogP contribution in [0.25, 0.3) is 0 Å². The molecule has 0 bridgehead atoms. The van der Waals surface area contributed by atoms with Crippen LogP contribution in [0.5, 0.6) is 0 Å². The number of carbonyl (C=O) groups excluding carboxylic acids is 2. The first-order chi connectivity index (χ1) is 11.8. The molecule has 1 aromatic rings. The Kier molecular flexibility index (Phi) is 6.42. The molecule has 6 nitrogen and oxygen atoms in total. The Bertz CT molecular complexity index is 596. The molecule has 2 rings (SSSR count). The second kappa shape index (κ2) is 8.34. The van der Waals surface area contributed by atoms with E-state index >= 15 is 0 Å². The third-order valence-electron chi connectivity index (χ3n) is 4.74. The van der Waals surface area contributed by atoms with Gasteiger partial charge in [0.15, 0.2) is 0 Å². The summed E-state index contributed by atoms with van der Waals surface area (Å²) in [5.74, 6) is -0.119. The number of hydrogen-bond donors (Lipinski definition) is 0. The summed E-state index contributed by atoms with van der Waals surface area (Å²) in [5.41, 5.74) is 1.33. The maximum Gasteiger partial charge on any atom is 0.543 e. The van der Waals surface area contributed by atoms with Gasteiger partial charge in [-0.2, -0.15) is 0 Å². The molecule has 1 saturated carbocycles. The van der Waals surface area contributed by atoms with Crippen molar-refractivity contribution in [3.05, 3.63) is 35.4 Å². The van der Waals surface area contributed by atoms with E-state index in [4.69, 9.17) is 4.74 Å². The van der Waals surface area contributed by atoms with E-state index in [0.717, 1.165) is 31.2 Å². The van der Waals surface area contributed by atoms with Crippen molar-refractivity contribution in [3.63, 3.8) is 0 Å². The van der Waals surface area contributed by atoms with Crippen LogP contribution in [0.2, 0.25) is 0 Å². The van der Waals surface area contributed by atoms with Crippen molar-refractivity contribution < 1.29 is 29.1 Å². The van der Waals surface area contributed by atoms with Gasteiger partial charge < -0.3 is 4.74 Å². The Labute approximate surface area is 148 Å². The topological polar surface area (TPSA) is 71.1 Å². The zero-order chi connectivity index (χ0) is 18.4. The van der Waals surface area contributed by atoms with E-state index in [9.17, 15) is 9.59 Å². The molecule has 25 heavy (non-hydrogen) atoms. The summed E-state index contributed by atoms with van der Waals surface area (Å²) in [5, 5.41) is 4.26. The first kappa shape index (κ1) is 19.2. The SMILES string of the molecule is Cc1ccccc1C(=O)OOOC(=O)OC1CCC(C(C)(C)C)CC1. The van der Waals surface area contributed by atoms with Crippen LogP contribution >= 0.6 is 0 Å². The fraction of sp³-hybridized carbons (Fsp3) is 0.579. The van der Waals surface area contributed by atoms with Crippen molar-refractivity contribution in [2.75, 3.05) is 0 Å². The van der Waals surface area contributed by atoms with Gasteiger partial charge in [-0.15, -0.1) is 0 Å². The maximum atomic E-state index is 11.8. The molecule has 1 aliphatic rings. The molecule has 1 fully saturated rings. The van der Waals surface area contributed by atoms with Gasteiger partial charge in [0.2, 0.25) is 0 Å². The summed E-state index contributed by atoms with van der Waals surface area (Å²) in [6, 6.07) is 6.86. The van der Waals surface area contributed by atoms with E-state index in [-0.39, 0.29) is 11.5 Å². The van der Waals surface area contributed by atoms with Crippen molar-refractivity contribution in [1.82, 2.24) is 0 Å². The Morgan fingerprint density at radius 3 is 2.24 bits per heavy atom. The minimum Gasteiger partial charge on any atom is -0.429 e. The summed E-state index contributed by atoms with van der Waals surface area (Å²) in [7, 11) is 0. The summed E-state index contributed by atoms with van der Waals surface area (Å²) < 4.78 is 5.19. The fourth-order valence-corrected chi connectivity index (χ4v) is 3.12. The predicted molar refractivity (Wildman–Crippen MR) is 90.4 cm³/mol. The summed E-state index contributed by atoms with van der Waals surface area (Å²) in [6.45, 7) is 8.44. The highest BCUT2D eigenvalue weighted by Gasteiger charge is 2.31. The van der Waals surface area contributed by atoms with E-state index in [1.54, 1.807) is 31.2 Å². The van der Waals surface area contributed by atoms with Crippen molar-refractivity contribution in [2.45, 2.75) is 59.5 Å². The molecule has 0 atom stereocenters. The number of rotatable bonds is 4. The molecule has 0 radical (unpaired) electrons. The van der Waals surface area contributed by atoms with E-state index in [0.29, 0.717) is 11.5 Å². The first-order valence-electron chi connectivity index (χ1n) is 8.59. The van der Waals surface area contributed by atoms with Crippen LogP contribution in [-0.4, -0.2) is 18.2 Å². The monoisotopic (exact) mass is 350 g/mol. The van der Waals surface area contributed by atoms with Crippen molar-refractivity contribution >= 4 is 12.1 Å². The quantitative estimate of drug-likeness (QED) is 0.443. The van der Waals surface area contributed by atoms with Crippen molar-refractivity contribution in [3.8, 4) is 0 Å². The summed E-state index contributed by atoms with van der Waals surface area (Å²) in [4.78, 5) is 32.2. The number of ether oxygens (including phenoxy) is 1. The smallest absolute Gasteiger partial charge is 0.429 e. The average molecular weight is 350 g/mol. The van der Waals surface area contributed by atoms with Gasteiger partial charge in [-0.1, -0.05) is 39.0 Å². The third-order valence-corrected chi connectivity index (χ3v) is 4.74. The number of benzene rings is 1. The molecular formula is C19H26O6. The third kappa shape index (κ3) is 5.74. The van der Waals surface area contributed by atoms with Crippen LogP contribution in [0.4, 0.5) is 4.79 Å². The lowest BCUT2D eigenvalue weighted by molar-refractivity contribution is -0.453. The van der Waals surface area contributed by atoms with Gasteiger partial charge in [-0.25, -0.2) is 14.5 Å². The highest BCUT2D eigenvalue weighted by Crippen LogP contribution is 2.38. The molecule has 0 spiro atoms. The maximum absolute atomic E-state index is 11.8. The van der Waals surface area contributed by atoms with E-state index < -0.39 is 12.1 Å². The molecule has 0 saturated heterocycles. The minimum atomic E-state index is -1.00. The average Bonchev–Trinajstić information content (AvgIpc) is 2.54. The van der Waals surface area contributed by atoms with Gasteiger partial charge in [0.25, 0.3) is 0 Å². The van der Waals surface area contributed by atoms with Crippen LogP contribution < -0.4 is 0 Å². The molecule has 0 aliphatic heterocycles. The van der Waals surface area contributed by atoms with Crippen LogP contribution in [0.1, 0.15) is 62.4 Å². The lowest BCUT2D eigenvalue weighted by Gasteiger charge is -2.36. The van der Waals surface area contributed by atoms with Crippen LogP contribution in [0, 0.1) is 18.3 Å². The van der Waals surface area contributed by atoms with E-state index in [1.165, 1.54) is 0 Å². The Balaban J connectivity index is 1.68. The molecule has 1 aliphatic carbocycles. The van der Waals surface area contributed by atoms with Crippen molar-refractivity contribution in [1.29, 1.82) is 0 Å². The van der Waals surface area contributed by atoms with Crippen LogP contribution in [-0.2, 0) is 19.6 Å². The Morgan fingerprint density at radius 1 is 1.00 bits per heavy atom. The van der Waals surface area contributed by atoms with Crippen LogP contribution in [0.15, 0.2) is 24.3 Å². The molecule has 1 aromatic carbocycles. The highest BCUT2D eigenvalue weighted by atomic mass is 17.5. The predicted octanol–water partition coefficient (Wildman–Crippen LogP) is 4.76. The van der Waals surface area contributed by atoms with E-state index in [2.05, 4.69) is 35.6 Å². The standard InChI is InChI=1S/C19H26O6/c1-13-7-5-6-8-16(13)17(20)23-25-24-18(21)22-15-11-9-14(10-12-15)19(2,3)4/h5-8,14-15H,9-12H2,1-4H3. The van der Waals surface area contributed by atoms with Gasteiger partial charge in [0, 0.05) is 0 Å². The van der Waals surface area contributed by atoms with Gasteiger partial charge in [-0.05, 0) is 55.6 Å². The van der Waals surface area contributed by atoms with Crippen LogP contribution in [0.3, 0.4) is 0 Å². The van der Waals surface area contributed by atoms with Gasteiger partial charge in [0.1, 0.15) is 6.10 Å². The normalized spacial score (nSPS) is 20.6. The molecule has 0 heterocycles. The Hall–Kier alpha value is -2.08. The molecule has 138 valence electrons. The molecular weight excluding hydrogens is 324 g/mol.